The number of fused-ring (bicyclic) bond motifs is 1. The number of anilines is 2. The van der Waals surface area contributed by atoms with Crippen LogP contribution in [0, 0.1) is 32.6 Å². The van der Waals surface area contributed by atoms with Crippen LogP contribution in [-0.2, 0) is 13.1 Å². The Kier molecular flexibility index (Phi) is 7.59. The smallest absolute Gasteiger partial charge is 0.266 e. The second-order valence-electron chi connectivity index (χ2n) is 13.5. The molecule has 7 nitrogen and oxygen atoms in total. The fraction of sp³-hybridized carbons (Fsp3) is 0.543. The molecule has 0 radical (unpaired) electrons. The minimum atomic E-state index is 0.358. The van der Waals surface area contributed by atoms with Gasteiger partial charge in [-0.05, 0) is 93.5 Å². The number of para-hydroxylation sites is 1. The van der Waals surface area contributed by atoms with Crippen molar-refractivity contribution in [1.82, 2.24) is 25.2 Å². The third-order valence-electron chi connectivity index (χ3n) is 9.37. The van der Waals surface area contributed by atoms with Crippen molar-refractivity contribution in [2.75, 3.05) is 22.9 Å². The quantitative estimate of drug-likeness (QED) is 0.188. The van der Waals surface area contributed by atoms with Crippen molar-refractivity contribution in [2.24, 2.45) is 11.8 Å². The predicted molar refractivity (Wildman–Crippen MR) is 170 cm³/mol. The maximum atomic E-state index is 5.43. The summed E-state index contributed by atoms with van der Waals surface area (Å²) >= 11 is 0. The van der Waals surface area contributed by atoms with E-state index < -0.39 is 0 Å². The SMILES string of the molecule is Cc1cc(C)cc(CN(Cc2cc3cccc(C)c3nc2N(CC2CC2)CC2CC2)c2nnn(C3CCCCC3)n2)c1. The minimum Gasteiger partial charge on any atom is -0.356 e. The number of aryl methyl sites for hydroxylation is 3. The van der Waals surface area contributed by atoms with Gasteiger partial charge in [0.25, 0.3) is 5.95 Å². The monoisotopic (exact) mass is 563 g/mol. The van der Waals surface area contributed by atoms with Crippen molar-refractivity contribution in [1.29, 1.82) is 0 Å². The Morgan fingerprint density at radius 1 is 0.786 bits per heavy atom. The lowest BCUT2D eigenvalue weighted by atomic mass is 9.96. The molecule has 220 valence electrons. The van der Waals surface area contributed by atoms with Gasteiger partial charge in [-0.15, -0.1) is 5.10 Å². The Morgan fingerprint density at radius 2 is 1.50 bits per heavy atom. The van der Waals surface area contributed by atoms with E-state index in [-0.39, 0.29) is 0 Å². The summed E-state index contributed by atoms with van der Waals surface area (Å²) < 4.78 is 0. The van der Waals surface area contributed by atoms with Gasteiger partial charge in [0.15, 0.2) is 0 Å². The summed E-state index contributed by atoms with van der Waals surface area (Å²) in [4.78, 5) is 12.3. The molecule has 7 heteroatoms. The van der Waals surface area contributed by atoms with E-state index in [0.29, 0.717) is 18.5 Å². The summed E-state index contributed by atoms with van der Waals surface area (Å²) in [5.41, 5.74) is 7.46. The van der Waals surface area contributed by atoms with Crippen molar-refractivity contribution < 1.29 is 0 Å². The van der Waals surface area contributed by atoms with Crippen LogP contribution in [0.15, 0.2) is 42.5 Å². The third kappa shape index (κ3) is 6.30. The highest BCUT2D eigenvalue weighted by atomic mass is 15.6. The Hall–Kier alpha value is -3.48. The van der Waals surface area contributed by atoms with Gasteiger partial charge in [-0.2, -0.15) is 4.80 Å². The summed E-state index contributed by atoms with van der Waals surface area (Å²) in [6.07, 6.45) is 11.5. The average molecular weight is 564 g/mol. The van der Waals surface area contributed by atoms with Crippen molar-refractivity contribution in [2.45, 2.75) is 97.7 Å². The van der Waals surface area contributed by atoms with Gasteiger partial charge in [-0.25, -0.2) is 4.98 Å². The third-order valence-corrected chi connectivity index (χ3v) is 9.37. The molecule has 42 heavy (non-hydrogen) atoms. The molecule has 2 heterocycles. The fourth-order valence-electron chi connectivity index (χ4n) is 6.84. The molecular formula is C35H45N7. The van der Waals surface area contributed by atoms with E-state index >= 15 is 0 Å². The van der Waals surface area contributed by atoms with E-state index in [1.807, 2.05) is 4.80 Å². The van der Waals surface area contributed by atoms with E-state index in [2.05, 4.69) is 78.2 Å². The van der Waals surface area contributed by atoms with Crippen LogP contribution in [0.2, 0.25) is 0 Å². The Bertz CT molecular complexity index is 1510. The Morgan fingerprint density at radius 3 is 2.19 bits per heavy atom. The van der Waals surface area contributed by atoms with Gasteiger partial charge in [-0.3, -0.25) is 0 Å². The van der Waals surface area contributed by atoms with Crippen molar-refractivity contribution >= 4 is 22.7 Å². The summed E-state index contributed by atoms with van der Waals surface area (Å²) in [7, 11) is 0. The molecule has 0 atom stereocenters. The van der Waals surface area contributed by atoms with Crippen LogP contribution in [-0.4, -0.2) is 38.3 Å². The summed E-state index contributed by atoms with van der Waals surface area (Å²) in [6.45, 7) is 10.2. The average Bonchev–Trinajstić information content (AvgIpc) is 3.91. The van der Waals surface area contributed by atoms with Crippen LogP contribution < -0.4 is 9.80 Å². The summed E-state index contributed by atoms with van der Waals surface area (Å²) in [6, 6.07) is 16.1. The number of tetrazole rings is 1. The number of rotatable bonds is 11. The zero-order chi connectivity index (χ0) is 28.6. The van der Waals surface area contributed by atoms with Gasteiger partial charge >= 0.3 is 0 Å². The van der Waals surface area contributed by atoms with E-state index in [9.17, 15) is 0 Å². The van der Waals surface area contributed by atoms with Crippen LogP contribution in [0.3, 0.4) is 0 Å². The van der Waals surface area contributed by atoms with Gasteiger partial charge < -0.3 is 9.80 Å². The van der Waals surface area contributed by atoms with E-state index in [1.165, 1.54) is 78.1 Å². The Labute approximate surface area is 250 Å². The molecule has 2 aromatic heterocycles. The van der Waals surface area contributed by atoms with Gasteiger partial charge in [-0.1, -0.05) is 71.9 Å². The normalized spacial score (nSPS) is 17.6. The van der Waals surface area contributed by atoms with Gasteiger partial charge in [0, 0.05) is 37.1 Å². The predicted octanol–water partition coefficient (Wildman–Crippen LogP) is 7.48. The molecule has 0 amide bonds. The van der Waals surface area contributed by atoms with E-state index in [4.69, 9.17) is 15.2 Å². The number of benzene rings is 2. The molecule has 3 aliphatic carbocycles. The molecule has 3 saturated carbocycles. The highest BCUT2D eigenvalue weighted by Gasteiger charge is 2.32. The first kappa shape index (κ1) is 27.4. The maximum Gasteiger partial charge on any atom is 0.266 e. The number of nitrogens with zero attached hydrogens (tertiary/aromatic N) is 7. The topological polar surface area (TPSA) is 63.0 Å². The van der Waals surface area contributed by atoms with Gasteiger partial charge in [0.05, 0.1) is 11.6 Å². The molecule has 3 fully saturated rings. The molecule has 0 bridgehead atoms. The fourth-order valence-corrected chi connectivity index (χ4v) is 6.84. The van der Waals surface area contributed by atoms with Crippen LogP contribution in [0.5, 0.6) is 0 Å². The van der Waals surface area contributed by atoms with Crippen LogP contribution in [0.25, 0.3) is 10.9 Å². The standard InChI is InChI=1S/C35H45N7/c1-24-16-25(2)18-29(17-24)22-41(35-37-39-42(38-35)32-10-5-4-6-11-32)23-31-19-30-9-7-8-26(3)33(30)36-34(31)40(20-27-12-13-27)21-28-14-15-28/h7-9,16-19,27-28,32H,4-6,10-15,20-23H2,1-3H3. The van der Waals surface area contributed by atoms with E-state index in [1.54, 1.807) is 0 Å². The number of hydrogen-bond acceptors (Lipinski definition) is 6. The molecule has 4 aromatic rings. The summed E-state index contributed by atoms with van der Waals surface area (Å²) in [5, 5.41) is 15.5. The second kappa shape index (κ2) is 11.7. The first-order valence-electron chi connectivity index (χ1n) is 16.2. The highest BCUT2D eigenvalue weighted by molar-refractivity contribution is 5.84. The maximum absolute atomic E-state index is 5.43. The number of aromatic nitrogens is 5. The minimum absolute atomic E-state index is 0.358. The first-order chi connectivity index (χ1) is 20.5. The number of hydrogen-bond donors (Lipinski definition) is 0. The largest absolute Gasteiger partial charge is 0.356 e. The lowest BCUT2D eigenvalue weighted by Gasteiger charge is -2.29. The van der Waals surface area contributed by atoms with Crippen molar-refractivity contribution in [3.63, 3.8) is 0 Å². The van der Waals surface area contributed by atoms with Crippen molar-refractivity contribution in [3.8, 4) is 0 Å². The lowest BCUT2D eigenvalue weighted by molar-refractivity contribution is 0.297. The van der Waals surface area contributed by atoms with Gasteiger partial charge in [0.1, 0.15) is 5.82 Å². The van der Waals surface area contributed by atoms with Crippen LogP contribution in [0.1, 0.15) is 91.6 Å². The molecule has 0 aliphatic heterocycles. The van der Waals surface area contributed by atoms with E-state index in [0.717, 1.165) is 55.6 Å². The molecule has 0 saturated heterocycles. The molecule has 7 rings (SSSR count). The first-order valence-corrected chi connectivity index (χ1v) is 16.2. The molecule has 0 N–H and O–H groups in total. The number of pyridine rings is 1. The molecule has 0 spiro atoms. The zero-order valence-electron chi connectivity index (χ0n) is 25.6. The Balaban J connectivity index is 1.28. The van der Waals surface area contributed by atoms with Crippen molar-refractivity contribution in [3.05, 3.63) is 70.3 Å². The second-order valence-corrected chi connectivity index (χ2v) is 13.5. The van der Waals surface area contributed by atoms with Crippen LogP contribution in [0.4, 0.5) is 11.8 Å². The molecule has 2 aromatic carbocycles. The zero-order valence-corrected chi connectivity index (χ0v) is 25.6. The highest BCUT2D eigenvalue weighted by Crippen LogP contribution is 2.38. The molecular weight excluding hydrogens is 518 g/mol. The lowest BCUT2D eigenvalue weighted by Crippen LogP contribution is -2.32. The summed E-state index contributed by atoms with van der Waals surface area (Å²) in [5.74, 6) is 3.47. The van der Waals surface area contributed by atoms with Gasteiger partial charge in [0.2, 0.25) is 0 Å². The molecule has 0 unspecified atom stereocenters. The van der Waals surface area contributed by atoms with Crippen LogP contribution >= 0.6 is 0 Å². The molecule has 3 aliphatic rings.